The SMILES string of the molecule is CCC(O)(CC)CNC(=O)c1cccc(F)c1N. The van der Waals surface area contributed by atoms with E-state index in [0.29, 0.717) is 12.8 Å². The van der Waals surface area contributed by atoms with Crippen molar-refractivity contribution in [1.29, 1.82) is 0 Å². The third-order valence-electron chi connectivity index (χ3n) is 3.19. The van der Waals surface area contributed by atoms with E-state index in [0.717, 1.165) is 0 Å². The lowest BCUT2D eigenvalue weighted by molar-refractivity contribution is 0.0314. The number of nitrogen functional groups attached to an aromatic ring is 1. The first-order valence-electron chi connectivity index (χ1n) is 5.98. The fraction of sp³-hybridized carbons (Fsp3) is 0.462. The normalized spacial score (nSPS) is 11.3. The fourth-order valence-electron chi connectivity index (χ4n) is 1.58. The summed E-state index contributed by atoms with van der Waals surface area (Å²) in [5.41, 5.74) is 4.47. The lowest BCUT2D eigenvalue weighted by Gasteiger charge is -2.25. The van der Waals surface area contributed by atoms with Gasteiger partial charge in [-0.1, -0.05) is 19.9 Å². The van der Waals surface area contributed by atoms with Crippen LogP contribution in [0.2, 0.25) is 0 Å². The molecule has 5 heteroatoms. The van der Waals surface area contributed by atoms with Crippen molar-refractivity contribution in [3.05, 3.63) is 29.6 Å². The van der Waals surface area contributed by atoms with E-state index in [1.807, 2.05) is 13.8 Å². The van der Waals surface area contributed by atoms with Crippen LogP contribution in [0.5, 0.6) is 0 Å². The number of benzene rings is 1. The molecule has 0 bridgehead atoms. The number of carbonyl (C=O) groups is 1. The summed E-state index contributed by atoms with van der Waals surface area (Å²) in [5, 5.41) is 12.6. The summed E-state index contributed by atoms with van der Waals surface area (Å²) < 4.78 is 13.2. The Kier molecular flexibility index (Phi) is 4.67. The van der Waals surface area contributed by atoms with Crippen molar-refractivity contribution in [3.63, 3.8) is 0 Å². The van der Waals surface area contributed by atoms with Gasteiger partial charge in [0.2, 0.25) is 0 Å². The van der Waals surface area contributed by atoms with Crippen molar-refractivity contribution in [2.45, 2.75) is 32.3 Å². The average molecular weight is 254 g/mol. The summed E-state index contributed by atoms with van der Waals surface area (Å²) in [4.78, 5) is 11.8. The van der Waals surface area contributed by atoms with Crippen LogP contribution in [0, 0.1) is 5.82 Å². The zero-order valence-corrected chi connectivity index (χ0v) is 10.7. The van der Waals surface area contributed by atoms with Crippen molar-refractivity contribution in [2.24, 2.45) is 0 Å². The number of halogens is 1. The molecule has 1 rings (SSSR count). The number of hydrogen-bond acceptors (Lipinski definition) is 3. The molecule has 0 aromatic heterocycles. The van der Waals surface area contributed by atoms with Gasteiger partial charge in [0, 0.05) is 6.54 Å². The van der Waals surface area contributed by atoms with E-state index in [1.165, 1.54) is 18.2 Å². The summed E-state index contributed by atoms with van der Waals surface area (Å²) in [6, 6.07) is 4.07. The maximum absolute atomic E-state index is 13.2. The number of nitrogens with one attached hydrogen (secondary N) is 1. The van der Waals surface area contributed by atoms with Crippen LogP contribution in [-0.2, 0) is 0 Å². The Morgan fingerprint density at radius 2 is 2.06 bits per heavy atom. The van der Waals surface area contributed by atoms with Crippen molar-refractivity contribution >= 4 is 11.6 Å². The molecular formula is C13H19FN2O2. The summed E-state index contributed by atoms with van der Waals surface area (Å²) in [6.07, 6.45) is 1.06. The van der Waals surface area contributed by atoms with Crippen LogP contribution in [0.4, 0.5) is 10.1 Å². The zero-order chi connectivity index (χ0) is 13.8. The quantitative estimate of drug-likeness (QED) is 0.700. The molecule has 0 radical (unpaired) electrons. The number of carbonyl (C=O) groups excluding carboxylic acids is 1. The van der Waals surface area contributed by atoms with Gasteiger partial charge < -0.3 is 16.2 Å². The Morgan fingerprint density at radius 1 is 1.44 bits per heavy atom. The van der Waals surface area contributed by atoms with Crippen LogP contribution in [0.1, 0.15) is 37.0 Å². The number of anilines is 1. The van der Waals surface area contributed by atoms with Crippen LogP contribution >= 0.6 is 0 Å². The van der Waals surface area contributed by atoms with Crippen molar-refractivity contribution in [1.82, 2.24) is 5.32 Å². The smallest absolute Gasteiger partial charge is 0.253 e. The maximum Gasteiger partial charge on any atom is 0.253 e. The monoisotopic (exact) mass is 254 g/mol. The Morgan fingerprint density at radius 3 is 2.61 bits per heavy atom. The van der Waals surface area contributed by atoms with Gasteiger partial charge in [0.15, 0.2) is 0 Å². The predicted molar refractivity (Wildman–Crippen MR) is 68.7 cm³/mol. The van der Waals surface area contributed by atoms with E-state index in [2.05, 4.69) is 5.32 Å². The van der Waals surface area contributed by atoms with Gasteiger partial charge in [0.25, 0.3) is 5.91 Å². The highest BCUT2D eigenvalue weighted by molar-refractivity contribution is 5.99. The summed E-state index contributed by atoms with van der Waals surface area (Å²) in [6.45, 7) is 3.80. The summed E-state index contributed by atoms with van der Waals surface area (Å²) in [7, 11) is 0. The second-order valence-corrected chi connectivity index (χ2v) is 4.32. The van der Waals surface area contributed by atoms with Gasteiger partial charge in [-0.15, -0.1) is 0 Å². The van der Waals surface area contributed by atoms with E-state index in [9.17, 15) is 14.3 Å². The molecule has 0 aliphatic rings. The van der Waals surface area contributed by atoms with Crippen LogP contribution in [0.3, 0.4) is 0 Å². The maximum atomic E-state index is 13.2. The third kappa shape index (κ3) is 3.20. The topological polar surface area (TPSA) is 75.3 Å². The Bertz CT molecular complexity index is 431. The molecule has 0 heterocycles. The molecule has 18 heavy (non-hydrogen) atoms. The van der Waals surface area contributed by atoms with Gasteiger partial charge in [0.05, 0.1) is 16.9 Å². The minimum Gasteiger partial charge on any atom is -0.396 e. The average Bonchev–Trinajstić information content (AvgIpc) is 2.39. The molecule has 0 spiro atoms. The van der Waals surface area contributed by atoms with E-state index >= 15 is 0 Å². The van der Waals surface area contributed by atoms with Crippen LogP contribution < -0.4 is 11.1 Å². The van der Waals surface area contributed by atoms with Crippen molar-refractivity contribution in [2.75, 3.05) is 12.3 Å². The Balaban J connectivity index is 2.75. The molecule has 0 saturated carbocycles. The number of amides is 1. The van der Waals surface area contributed by atoms with Gasteiger partial charge in [-0.25, -0.2) is 4.39 Å². The second-order valence-electron chi connectivity index (χ2n) is 4.32. The number of para-hydroxylation sites is 1. The molecule has 1 amide bonds. The lowest BCUT2D eigenvalue weighted by atomic mass is 9.97. The Labute approximate surface area is 106 Å². The van der Waals surface area contributed by atoms with Gasteiger partial charge >= 0.3 is 0 Å². The van der Waals surface area contributed by atoms with E-state index in [-0.39, 0.29) is 17.8 Å². The molecule has 4 N–H and O–H groups in total. The second kappa shape index (κ2) is 5.82. The highest BCUT2D eigenvalue weighted by Crippen LogP contribution is 2.17. The first-order chi connectivity index (χ1) is 8.43. The van der Waals surface area contributed by atoms with Gasteiger partial charge in [-0.05, 0) is 25.0 Å². The van der Waals surface area contributed by atoms with Crippen LogP contribution in [-0.4, -0.2) is 23.2 Å². The number of nitrogens with two attached hydrogens (primary N) is 1. The highest BCUT2D eigenvalue weighted by Gasteiger charge is 2.23. The molecule has 1 aromatic rings. The first kappa shape index (κ1) is 14.4. The number of hydrogen-bond donors (Lipinski definition) is 3. The number of aliphatic hydroxyl groups is 1. The van der Waals surface area contributed by atoms with Gasteiger partial charge in [-0.2, -0.15) is 0 Å². The molecule has 100 valence electrons. The molecule has 0 unspecified atom stereocenters. The standard InChI is InChI=1S/C13H19FN2O2/c1-3-13(18,4-2)8-16-12(17)9-6-5-7-10(14)11(9)15/h5-7,18H,3-4,8,15H2,1-2H3,(H,16,17). The van der Waals surface area contributed by atoms with Gasteiger partial charge in [-0.3, -0.25) is 4.79 Å². The molecule has 0 saturated heterocycles. The lowest BCUT2D eigenvalue weighted by Crippen LogP contribution is -2.42. The fourth-order valence-corrected chi connectivity index (χ4v) is 1.58. The molecule has 0 atom stereocenters. The molecular weight excluding hydrogens is 235 g/mol. The third-order valence-corrected chi connectivity index (χ3v) is 3.19. The Hall–Kier alpha value is -1.62. The number of rotatable bonds is 5. The molecule has 0 aliphatic heterocycles. The molecule has 0 fully saturated rings. The summed E-state index contributed by atoms with van der Waals surface area (Å²) >= 11 is 0. The van der Waals surface area contributed by atoms with Crippen molar-refractivity contribution < 1.29 is 14.3 Å². The van der Waals surface area contributed by atoms with E-state index in [1.54, 1.807) is 0 Å². The van der Waals surface area contributed by atoms with E-state index in [4.69, 9.17) is 5.73 Å². The minimum absolute atomic E-state index is 0.0876. The van der Waals surface area contributed by atoms with Crippen molar-refractivity contribution in [3.8, 4) is 0 Å². The first-order valence-corrected chi connectivity index (χ1v) is 5.98. The predicted octanol–water partition coefficient (Wildman–Crippen LogP) is 1.69. The molecule has 0 aliphatic carbocycles. The highest BCUT2D eigenvalue weighted by atomic mass is 19.1. The molecule has 4 nitrogen and oxygen atoms in total. The van der Waals surface area contributed by atoms with Crippen LogP contribution in [0.15, 0.2) is 18.2 Å². The van der Waals surface area contributed by atoms with Crippen LogP contribution in [0.25, 0.3) is 0 Å². The minimum atomic E-state index is -0.933. The van der Waals surface area contributed by atoms with E-state index < -0.39 is 17.3 Å². The van der Waals surface area contributed by atoms with Gasteiger partial charge in [0.1, 0.15) is 5.82 Å². The molecule has 1 aromatic carbocycles. The summed E-state index contributed by atoms with van der Waals surface area (Å²) in [5.74, 6) is -1.10. The zero-order valence-electron chi connectivity index (χ0n) is 10.7. The largest absolute Gasteiger partial charge is 0.396 e.